The van der Waals surface area contributed by atoms with Crippen LogP contribution in [-0.4, -0.2) is 29.8 Å². The molecule has 2 atom stereocenters. The van der Waals surface area contributed by atoms with Crippen LogP contribution in [0.2, 0.25) is 0 Å². The fourth-order valence-electron chi connectivity index (χ4n) is 1.37. The second kappa shape index (κ2) is 4.42. The Morgan fingerprint density at radius 2 is 2.42 bits per heavy atom. The van der Waals surface area contributed by atoms with Gasteiger partial charge in [0.2, 0.25) is 0 Å². The molecule has 0 amide bonds. The van der Waals surface area contributed by atoms with Crippen LogP contribution >= 0.6 is 0 Å². The van der Waals surface area contributed by atoms with Crippen LogP contribution in [0.25, 0.3) is 0 Å². The molecule has 0 aromatic heterocycles. The van der Waals surface area contributed by atoms with Gasteiger partial charge in [0.05, 0.1) is 6.17 Å². The third kappa shape index (κ3) is 2.79. The molecule has 4 nitrogen and oxygen atoms in total. The van der Waals surface area contributed by atoms with Gasteiger partial charge < -0.3 is 10.4 Å². The van der Waals surface area contributed by atoms with Crippen LogP contribution in [-0.2, 0) is 4.79 Å². The highest BCUT2D eigenvalue weighted by Gasteiger charge is 2.17. The SMILES string of the molecule is C[C@H](NC1CCCCN1)C(=O)O. The van der Waals surface area contributed by atoms with Gasteiger partial charge in [0.25, 0.3) is 0 Å². The van der Waals surface area contributed by atoms with Crippen molar-refractivity contribution in [2.45, 2.75) is 38.4 Å². The molecule has 0 bridgehead atoms. The second-order valence-corrected chi connectivity index (χ2v) is 3.23. The Kier molecular flexibility index (Phi) is 3.49. The first-order valence-corrected chi connectivity index (χ1v) is 4.42. The average Bonchev–Trinajstić information content (AvgIpc) is 2.06. The van der Waals surface area contributed by atoms with E-state index >= 15 is 0 Å². The fraction of sp³-hybridized carbons (Fsp3) is 0.875. The molecule has 1 rings (SSSR count). The van der Waals surface area contributed by atoms with Crippen molar-refractivity contribution in [3.05, 3.63) is 0 Å². The van der Waals surface area contributed by atoms with E-state index in [1.165, 1.54) is 12.8 Å². The molecule has 3 N–H and O–H groups in total. The van der Waals surface area contributed by atoms with Gasteiger partial charge in [-0.15, -0.1) is 0 Å². The molecular formula is C8H16N2O2. The van der Waals surface area contributed by atoms with Crippen molar-refractivity contribution >= 4 is 5.97 Å². The smallest absolute Gasteiger partial charge is 0.320 e. The summed E-state index contributed by atoms with van der Waals surface area (Å²) in [6, 6.07) is -0.458. The summed E-state index contributed by atoms with van der Waals surface area (Å²) in [6.07, 6.45) is 3.58. The first kappa shape index (κ1) is 9.48. The van der Waals surface area contributed by atoms with Crippen LogP contribution in [0.1, 0.15) is 26.2 Å². The van der Waals surface area contributed by atoms with Crippen LogP contribution in [0, 0.1) is 0 Å². The number of carboxylic acids is 1. The number of nitrogens with one attached hydrogen (secondary N) is 2. The zero-order valence-electron chi connectivity index (χ0n) is 7.34. The van der Waals surface area contributed by atoms with E-state index in [9.17, 15) is 4.79 Å². The van der Waals surface area contributed by atoms with Crippen LogP contribution in [0.15, 0.2) is 0 Å². The van der Waals surface area contributed by atoms with Gasteiger partial charge in [-0.2, -0.15) is 0 Å². The lowest BCUT2D eigenvalue weighted by molar-refractivity contribution is -0.139. The van der Waals surface area contributed by atoms with Gasteiger partial charge in [-0.25, -0.2) is 0 Å². The number of hydrogen-bond acceptors (Lipinski definition) is 3. The largest absolute Gasteiger partial charge is 0.480 e. The lowest BCUT2D eigenvalue weighted by Crippen LogP contribution is -2.50. The molecule has 1 fully saturated rings. The molecule has 0 saturated carbocycles. The maximum absolute atomic E-state index is 10.5. The predicted molar refractivity (Wildman–Crippen MR) is 45.9 cm³/mol. The Bertz CT molecular complexity index is 155. The maximum atomic E-state index is 10.5. The van der Waals surface area contributed by atoms with E-state index in [0.717, 1.165) is 13.0 Å². The predicted octanol–water partition coefficient (Wildman–Crippen LogP) is 0.149. The third-order valence-corrected chi connectivity index (χ3v) is 2.13. The average molecular weight is 172 g/mol. The Morgan fingerprint density at radius 3 is 2.92 bits per heavy atom. The lowest BCUT2D eigenvalue weighted by Gasteiger charge is -2.26. The van der Waals surface area contributed by atoms with E-state index in [-0.39, 0.29) is 6.17 Å². The summed E-state index contributed by atoms with van der Waals surface area (Å²) in [5.74, 6) is -0.789. The van der Waals surface area contributed by atoms with Gasteiger partial charge in [-0.1, -0.05) is 0 Å². The van der Waals surface area contributed by atoms with Crippen LogP contribution in [0.3, 0.4) is 0 Å². The molecular weight excluding hydrogens is 156 g/mol. The van der Waals surface area contributed by atoms with Crippen LogP contribution in [0.4, 0.5) is 0 Å². The molecule has 70 valence electrons. The minimum absolute atomic E-state index is 0.185. The van der Waals surface area contributed by atoms with Crippen molar-refractivity contribution in [3.8, 4) is 0 Å². The van der Waals surface area contributed by atoms with Crippen LogP contribution < -0.4 is 10.6 Å². The number of hydrogen-bond donors (Lipinski definition) is 3. The van der Waals surface area contributed by atoms with E-state index in [1.54, 1.807) is 6.92 Å². The molecule has 0 aromatic rings. The third-order valence-electron chi connectivity index (χ3n) is 2.13. The summed E-state index contributed by atoms with van der Waals surface area (Å²) in [5.41, 5.74) is 0. The van der Waals surface area contributed by atoms with Gasteiger partial charge in [-0.3, -0.25) is 10.1 Å². The Hall–Kier alpha value is -0.610. The summed E-state index contributed by atoms with van der Waals surface area (Å²) in [4.78, 5) is 10.5. The highest BCUT2D eigenvalue weighted by atomic mass is 16.4. The molecule has 0 spiro atoms. The first-order chi connectivity index (χ1) is 5.70. The van der Waals surface area contributed by atoms with E-state index < -0.39 is 12.0 Å². The zero-order chi connectivity index (χ0) is 8.97. The van der Waals surface area contributed by atoms with Crippen molar-refractivity contribution in [3.63, 3.8) is 0 Å². The minimum atomic E-state index is -0.789. The topological polar surface area (TPSA) is 61.4 Å². The van der Waals surface area contributed by atoms with Crippen molar-refractivity contribution < 1.29 is 9.90 Å². The summed E-state index contributed by atoms with van der Waals surface area (Å²) in [7, 11) is 0. The van der Waals surface area contributed by atoms with E-state index in [2.05, 4.69) is 10.6 Å². The molecule has 0 aromatic carbocycles. The minimum Gasteiger partial charge on any atom is -0.480 e. The molecule has 0 aliphatic carbocycles. The van der Waals surface area contributed by atoms with Crippen molar-refractivity contribution in [2.24, 2.45) is 0 Å². The van der Waals surface area contributed by atoms with E-state index in [0.29, 0.717) is 0 Å². The Labute approximate surface area is 72.3 Å². The number of carboxylic acid groups (broad SMARTS) is 1. The maximum Gasteiger partial charge on any atom is 0.320 e. The summed E-state index contributed by atoms with van der Waals surface area (Å²) in [5, 5.41) is 14.9. The number of rotatable bonds is 3. The van der Waals surface area contributed by atoms with Gasteiger partial charge in [-0.05, 0) is 32.7 Å². The highest BCUT2D eigenvalue weighted by molar-refractivity contribution is 5.72. The normalized spacial score (nSPS) is 26.6. The Morgan fingerprint density at radius 1 is 1.67 bits per heavy atom. The molecule has 1 aliphatic heterocycles. The number of piperidine rings is 1. The van der Waals surface area contributed by atoms with Gasteiger partial charge >= 0.3 is 5.97 Å². The Balaban J connectivity index is 2.24. The summed E-state index contributed by atoms with van der Waals surface area (Å²) < 4.78 is 0. The summed E-state index contributed by atoms with van der Waals surface area (Å²) in [6.45, 7) is 2.66. The first-order valence-electron chi connectivity index (χ1n) is 4.42. The molecule has 1 aliphatic rings. The molecule has 4 heteroatoms. The van der Waals surface area contributed by atoms with Crippen molar-refractivity contribution in [1.82, 2.24) is 10.6 Å². The molecule has 1 heterocycles. The lowest BCUT2D eigenvalue weighted by atomic mass is 10.1. The van der Waals surface area contributed by atoms with Crippen molar-refractivity contribution in [2.75, 3.05) is 6.54 Å². The number of carbonyl (C=O) groups is 1. The molecule has 0 radical (unpaired) electrons. The quantitative estimate of drug-likeness (QED) is 0.567. The van der Waals surface area contributed by atoms with Crippen molar-refractivity contribution in [1.29, 1.82) is 0 Å². The van der Waals surface area contributed by atoms with Gasteiger partial charge in [0.15, 0.2) is 0 Å². The molecule has 1 saturated heterocycles. The molecule has 1 unspecified atom stereocenters. The van der Waals surface area contributed by atoms with E-state index in [4.69, 9.17) is 5.11 Å². The van der Waals surface area contributed by atoms with Crippen LogP contribution in [0.5, 0.6) is 0 Å². The second-order valence-electron chi connectivity index (χ2n) is 3.23. The zero-order valence-corrected chi connectivity index (χ0v) is 7.34. The summed E-state index contributed by atoms with van der Waals surface area (Å²) >= 11 is 0. The molecule has 12 heavy (non-hydrogen) atoms. The standard InChI is InChI=1S/C8H16N2O2/c1-6(8(11)12)10-7-4-2-3-5-9-7/h6-7,9-10H,2-5H2,1H3,(H,11,12)/t6-,7?/m0/s1. The monoisotopic (exact) mass is 172 g/mol. The fourth-order valence-corrected chi connectivity index (χ4v) is 1.37. The van der Waals surface area contributed by atoms with Gasteiger partial charge in [0.1, 0.15) is 6.04 Å². The number of aliphatic carboxylic acids is 1. The highest BCUT2D eigenvalue weighted by Crippen LogP contribution is 2.04. The van der Waals surface area contributed by atoms with Gasteiger partial charge in [0, 0.05) is 0 Å². The van der Waals surface area contributed by atoms with E-state index in [1.807, 2.05) is 0 Å².